The number of benzene rings is 1. The number of hydrogen-bond acceptors (Lipinski definition) is 6. The molecular formula is C19H27N3O6S. The molecule has 1 aliphatic heterocycles. The molecule has 0 aromatic heterocycles. The molecule has 160 valence electrons. The predicted molar refractivity (Wildman–Crippen MR) is 105 cm³/mol. The first-order chi connectivity index (χ1) is 13.6. The molecule has 1 heterocycles. The molecule has 1 aromatic rings. The van der Waals surface area contributed by atoms with E-state index >= 15 is 0 Å². The lowest BCUT2D eigenvalue weighted by Crippen LogP contribution is -2.49. The van der Waals surface area contributed by atoms with Gasteiger partial charge in [0.25, 0.3) is 5.91 Å². The number of amides is 3. The van der Waals surface area contributed by atoms with Crippen molar-refractivity contribution in [1.29, 1.82) is 0 Å². The molecular weight excluding hydrogens is 398 g/mol. The second-order valence-corrected chi connectivity index (χ2v) is 9.11. The summed E-state index contributed by atoms with van der Waals surface area (Å²) in [6.45, 7) is 4.84. The zero-order valence-electron chi connectivity index (χ0n) is 16.8. The van der Waals surface area contributed by atoms with Crippen LogP contribution < -0.4 is 10.6 Å². The first kappa shape index (κ1) is 22.8. The standard InChI is InChI=1S/C19H27N3O6S/c1-13(2)20-19(25)21-17(23)12-28-18(24)16-6-4-5-11-22(16)29(26,27)15-9-7-14(3)8-10-15/h7-10,13,16H,4-6,11-12H2,1-3H3,(H2,20,21,23,25). The number of nitrogens with zero attached hydrogens (tertiary/aromatic N) is 1. The van der Waals surface area contributed by atoms with Crippen LogP contribution in [-0.2, 0) is 24.3 Å². The average Bonchev–Trinajstić information content (AvgIpc) is 2.65. The van der Waals surface area contributed by atoms with Crippen LogP contribution in [0.25, 0.3) is 0 Å². The fourth-order valence-corrected chi connectivity index (χ4v) is 4.61. The summed E-state index contributed by atoms with van der Waals surface area (Å²) in [5.41, 5.74) is 0.922. The van der Waals surface area contributed by atoms with Crippen LogP contribution in [0.2, 0.25) is 0 Å². The molecule has 2 N–H and O–H groups in total. The van der Waals surface area contributed by atoms with Gasteiger partial charge in [-0.2, -0.15) is 4.31 Å². The lowest BCUT2D eigenvalue weighted by atomic mass is 10.1. The maximum Gasteiger partial charge on any atom is 0.324 e. The third kappa shape index (κ3) is 6.26. The van der Waals surface area contributed by atoms with Crippen molar-refractivity contribution >= 4 is 27.9 Å². The molecule has 3 amide bonds. The minimum absolute atomic E-state index is 0.103. The van der Waals surface area contributed by atoms with Gasteiger partial charge in [-0.05, 0) is 52.2 Å². The van der Waals surface area contributed by atoms with E-state index in [-0.39, 0.29) is 17.5 Å². The fourth-order valence-electron chi connectivity index (χ4n) is 2.97. The number of rotatable bonds is 6. The van der Waals surface area contributed by atoms with Crippen molar-refractivity contribution in [2.45, 2.75) is 57.0 Å². The third-order valence-corrected chi connectivity index (χ3v) is 6.29. The topological polar surface area (TPSA) is 122 Å². The van der Waals surface area contributed by atoms with E-state index in [1.54, 1.807) is 26.0 Å². The van der Waals surface area contributed by atoms with Gasteiger partial charge in [0.05, 0.1) is 4.90 Å². The number of piperidine rings is 1. The SMILES string of the molecule is Cc1ccc(S(=O)(=O)N2CCCCC2C(=O)OCC(=O)NC(=O)NC(C)C)cc1. The first-order valence-corrected chi connectivity index (χ1v) is 10.9. The number of hydrogen-bond donors (Lipinski definition) is 2. The van der Waals surface area contributed by atoms with E-state index in [0.717, 1.165) is 9.87 Å². The third-order valence-electron chi connectivity index (χ3n) is 4.37. The molecule has 29 heavy (non-hydrogen) atoms. The molecule has 1 atom stereocenters. The summed E-state index contributed by atoms with van der Waals surface area (Å²) >= 11 is 0. The van der Waals surface area contributed by atoms with Gasteiger partial charge < -0.3 is 10.1 Å². The number of urea groups is 1. The van der Waals surface area contributed by atoms with Crippen molar-refractivity contribution in [1.82, 2.24) is 14.9 Å². The van der Waals surface area contributed by atoms with Crippen LogP contribution >= 0.6 is 0 Å². The van der Waals surface area contributed by atoms with E-state index in [0.29, 0.717) is 19.3 Å². The van der Waals surface area contributed by atoms with E-state index in [9.17, 15) is 22.8 Å². The maximum atomic E-state index is 13.0. The number of esters is 1. The fraction of sp³-hybridized carbons (Fsp3) is 0.526. The van der Waals surface area contributed by atoms with Crippen molar-refractivity contribution in [3.05, 3.63) is 29.8 Å². The van der Waals surface area contributed by atoms with E-state index in [4.69, 9.17) is 4.74 Å². The van der Waals surface area contributed by atoms with Gasteiger partial charge in [0.2, 0.25) is 10.0 Å². The Hall–Kier alpha value is -2.46. The van der Waals surface area contributed by atoms with Crippen LogP contribution in [0.1, 0.15) is 38.7 Å². The summed E-state index contributed by atoms with van der Waals surface area (Å²) in [7, 11) is -3.88. The van der Waals surface area contributed by atoms with Crippen molar-refractivity contribution in [2.75, 3.05) is 13.2 Å². The summed E-state index contributed by atoms with van der Waals surface area (Å²) in [5.74, 6) is -1.60. The van der Waals surface area contributed by atoms with Crippen LogP contribution in [0.4, 0.5) is 4.79 Å². The quantitative estimate of drug-likeness (QED) is 0.663. The lowest BCUT2D eigenvalue weighted by molar-refractivity contribution is -0.152. The summed E-state index contributed by atoms with van der Waals surface area (Å²) in [4.78, 5) is 35.9. The highest BCUT2D eigenvalue weighted by Gasteiger charge is 2.38. The Morgan fingerprint density at radius 3 is 2.45 bits per heavy atom. The smallest absolute Gasteiger partial charge is 0.324 e. The molecule has 1 saturated heterocycles. The first-order valence-electron chi connectivity index (χ1n) is 9.46. The molecule has 1 fully saturated rings. The van der Waals surface area contributed by atoms with E-state index < -0.39 is 40.6 Å². The van der Waals surface area contributed by atoms with Crippen LogP contribution in [0, 0.1) is 6.92 Å². The van der Waals surface area contributed by atoms with Crippen molar-refractivity contribution < 1.29 is 27.5 Å². The summed E-state index contributed by atoms with van der Waals surface area (Å²) < 4.78 is 32.1. The van der Waals surface area contributed by atoms with Crippen LogP contribution in [0.3, 0.4) is 0 Å². The molecule has 1 unspecified atom stereocenters. The molecule has 0 radical (unpaired) electrons. The zero-order chi connectivity index (χ0) is 21.6. The van der Waals surface area contributed by atoms with Gasteiger partial charge in [-0.3, -0.25) is 14.9 Å². The Kier molecular flexibility index (Phi) is 7.74. The van der Waals surface area contributed by atoms with Crippen LogP contribution in [0.15, 0.2) is 29.2 Å². The summed E-state index contributed by atoms with van der Waals surface area (Å²) in [6.07, 6.45) is 1.60. The normalized spacial score (nSPS) is 17.6. The van der Waals surface area contributed by atoms with Gasteiger partial charge in [0.1, 0.15) is 6.04 Å². The second kappa shape index (κ2) is 9.84. The van der Waals surface area contributed by atoms with Gasteiger partial charge in [-0.15, -0.1) is 0 Å². The molecule has 9 nitrogen and oxygen atoms in total. The molecule has 1 aromatic carbocycles. The molecule has 0 saturated carbocycles. The molecule has 1 aliphatic rings. The molecule has 0 spiro atoms. The van der Waals surface area contributed by atoms with Crippen molar-refractivity contribution in [3.63, 3.8) is 0 Å². The van der Waals surface area contributed by atoms with Gasteiger partial charge in [-0.1, -0.05) is 17.7 Å². The van der Waals surface area contributed by atoms with E-state index in [2.05, 4.69) is 5.32 Å². The Bertz CT molecular complexity index is 851. The average molecular weight is 426 g/mol. The molecule has 0 aliphatic carbocycles. The van der Waals surface area contributed by atoms with Crippen molar-refractivity contribution in [2.24, 2.45) is 0 Å². The Labute approximate surface area is 170 Å². The highest BCUT2D eigenvalue weighted by Crippen LogP contribution is 2.26. The highest BCUT2D eigenvalue weighted by atomic mass is 32.2. The Morgan fingerprint density at radius 2 is 1.83 bits per heavy atom. The predicted octanol–water partition coefficient (Wildman–Crippen LogP) is 1.32. The van der Waals surface area contributed by atoms with Gasteiger partial charge in [0.15, 0.2) is 6.61 Å². The van der Waals surface area contributed by atoms with E-state index in [1.165, 1.54) is 12.1 Å². The lowest BCUT2D eigenvalue weighted by Gasteiger charge is -2.32. The second-order valence-electron chi connectivity index (χ2n) is 7.22. The number of sulfonamides is 1. The zero-order valence-corrected chi connectivity index (χ0v) is 17.6. The highest BCUT2D eigenvalue weighted by molar-refractivity contribution is 7.89. The largest absolute Gasteiger partial charge is 0.454 e. The van der Waals surface area contributed by atoms with Crippen molar-refractivity contribution in [3.8, 4) is 0 Å². The number of nitrogens with one attached hydrogen (secondary N) is 2. The van der Waals surface area contributed by atoms with Gasteiger partial charge in [-0.25, -0.2) is 13.2 Å². The number of imide groups is 1. The maximum absolute atomic E-state index is 13.0. The Morgan fingerprint density at radius 1 is 1.17 bits per heavy atom. The molecule has 10 heteroatoms. The number of ether oxygens (including phenoxy) is 1. The summed E-state index contributed by atoms with van der Waals surface area (Å²) in [5, 5.41) is 4.52. The monoisotopic (exact) mass is 425 g/mol. The Balaban J connectivity index is 2.03. The number of aryl methyl sites for hydroxylation is 1. The minimum atomic E-state index is -3.88. The van der Waals surface area contributed by atoms with Gasteiger partial charge in [0, 0.05) is 12.6 Å². The molecule has 2 rings (SSSR count). The number of carbonyl (C=O) groups excluding carboxylic acids is 3. The van der Waals surface area contributed by atoms with E-state index in [1.807, 2.05) is 12.2 Å². The minimum Gasteiger partial charge on any atom is -0.454 e. The van der Waals surface area contributed by atoms with Crippen LogP contribution in [-0.4, -0.2) is 55.9 Å². The van der Waals surface area contributed by atoms with Crippen LogP contribution in [0.5, 0.6) is 0 Å². The van der Waals surface area contributed by atoms with Gasteiger partial charge >= 0.3 is 12.0 Å². The number of carbonyl (C=O) groups is 3. The summed E-state index contributed by atoms with van der Waals surface area (Å²) in [6, 6.07) is 4.53. The molecule has 0 bridgehead atoms.